The first-order valence-corrected chi connectivity index (χ1v) is 13.7. The maximum Gasteiger partial charge on any atom is 0.433 e. The minimum Gasteiger partial charge on any atom is -0.481 e. The zero-order valence-electron chi connectivity index (χ0n) is 22.4. The van der Waals surface area contributed by atoms with Crippen LogP contribution in [0, 0.1) is 17.6 Å². The van der Waals surface area contributed by atoms with Crippen LogP contribution in [0.1, 0.15) is 75.7 Å². The van der Waals surface area contributed by atoms with Gasteiger partial charge < -0.3 is 10.0 Å². The van der Waals surface area contributed by atoms with Crippen LogP contribution in [0.25, 0.3) is 0 Å². The molecule has 236 valence electrons. The number of aliphatic carboxylic acids is 1. The number of hydrogen-bond acceptors (Lipinski definition) is 4. The van der Waals surface area contributed by atoms with Crippen molar-refractivity contribution >= 4 is 40.9 Å². The van der Waals surface area contributed by atoms with Gasteiger partial charge in [-0.2, -0.15) is 18.3 Å². The molecule has 0 unspecified atom stereocenters. The van der Waals surface area contributed by atoms with Crippen LogP contribution in [0.3, 0.4) is 0 Å². The van der Waals surface area contributed by atoms with E-state index in [-0.39, 0.29) is 31.2 Å². The Morgan fingerprint density at radius 1 is 0.977 bits per heavy atom. The Labute approximate surface area is 255 Å². The Kier molecular flexibility index (Phi) is 9.93. The van der Waals surface area contributed by atoms with Crippen molar-refractivity contribution in [2.45, 2.75) is 50.9 Å². The molecule has 0 atom stereocenters. The maximum atomic E-state index is 14.4. The molecule has 1 amide bonds. The molecular formula is C28H22Cl2F7N3O4. The number of ketones is 1. The Morgan fingerprint density at radius 3 is 2.05 bits per heavy atom. The summed E-state index contributed by atoms with van der Waals surface area (Å²) in [5.41, 5.74) is -3.77. The highest BCUT2D eigenvalue weighted by Crippen LogP contribution is 2.39. The normalized spacial score (nSPS) is 17.1. The molecule has 0 aliphatic heterocycles. The Balaban J connectivity index is 1.73. The summed E-state index contributed by atoms with van der Waals surface area (Å²) < 4.78 is 98.0. The molecule has 1 aliphatic rings. The van der Waals surface area contributed by atoms with Crippen LogP contribution in [0.5, 0.6) is 0 Å². The summed E-state index contributed by atoms with van der Waals surface area (Å²) in [5, 5.41) is 12.0. The fourth-order valence-corrected chi connectivity index (χ4v) is 5.89. The van der Waals surface area contributed by atoms with E-state index in [9.17, 15) is 50.2 Å². The number of alkyl halides is 5. The predicted octanol–water partition coefficient (Wildman–Crippen LogP) is 7.77. The highest BCUT2D eigenvalue weighted by atomic mass is 35.5. The van der Waals surface area contributed by atoms with Crippen LogP contribution in [0.4, 0.5) is 30.7 Å². The van der Waals surface area contributed by atoms with Crippen LogP contribution >= 0.6 is 23.2 Å². The fraction of sp³-hybridized carbons (Fsp3) is 0.357. The van der Waals surface area contributed by atoms with Gasteiger partial charge in [-0.25, -0.2) is 17.6 Å². The minimum absolute atomic E-state index is 0.0335. The summed E-state index contributed by atoms with van der Waals surface area (Å²) in [6, 6.07) is 2.78. The molecule has 0 radical (unpaired) electrons. The van der Waals surface area contributed by atoms with Gasteiger partial charge in [0.25, 0.3) is 12.3 Å². The molecule has 1 saturated carbocycles. The van der Waals surface area contributed by atoms with Crippen molar-refractivity contribution in [1.29, 1.82) is 0 Å². The summed E-state index contributed by atoms with van der Waals surface area (Å²) >= 11 is 12.0. The molecule has 0 spiro atoms. The maximum absolute atomic E-state index is 14.4. The molecule has 0 saturated heterocycles. The van der Waals surface area contributed by atoms with Gasteiger partial charge in [-0.3, -0.25) is 19.1 Å². The van der Waals surface area contributed by atoms with E-state index in [1.807, 2.05) is 0 Å². The fourth-order valence-electron chi connectivity index (χ4n) is 5.18. The van der Waals surface area contributed by atoms with Crippen molar-refractivity contribution in [3.63, 3.8) is 0 Å². The Morgan fingerprint density at radius 2 is 1.55 bits per heavy atom. The number of carboxylic acid groups (broad SMARTS) is 1. The lowest BCUT2D eigenvalue weighted by Crippen LogP contribution is -2.37. The SMILES string of the molecule is O=C(CN(Cc1cc(F)cc(F)c1)C(=O)c1cnn([C@H]2CC[C@H](C(=O)O)CC2)c1C(F)(F)F)c1c(Cl)cc(C(F)F)cc1Cl. The lowest BCUT2D eigenvalue weighted by Gasteiger charge is -2.28. The topological polar surface area (TPSA) is 92.5 Å². The van der Waals surface area contributed by atoms with E-state index in [0.29, 0.717) is 21.8 Å². The molecule has 1 N–H and O–H groups in total. The van der Waals surface area contributed by atoms with Crippen LogP contribution in [-0.4, -0.2) is 44.0 Å². The van der Waals surface area contributed by atoms with Crippen LogP contribution in [0.2, 0.25) is 10.0 Å². The van der Waals surface area contributed by atoms with Gasteiger partial charge in [0.15, 0.2) is 11.5 Å². The van der Waals surface area contributed by atoms with E-state index < -0.39 is 99.4 Å². The first-order valence-electron chi connectivity index (χ1n) is 13.0. The number of carbonyl (C=O) groups is 3. The van der Waals surface area contributed by atoms with E-state index in [4.69, 9.17) is 23.2 Å². The lowest BCUT2D eigenvalue weighted by atomic mass is 9.86. The number of amides is 1. The summed E-state index contributed by atoms with van der Waals surface area (Å²) in [4.78, 5) is 38.8. The number of benzene rings is 2. The van der Waals surface area contributed by atoms with Gasteiger partial charge in [0, 0.05) is 18.2 Å². The van der Waals surface area contributed by atoms with E-state index >= 15 is 0 Å². The van der Waals surface area contributed by atoms with Gasteiger partial charge in [0.1, 0.15) is 11.6 Å². The molecule has 4 rings (SSSR count). The monoisotopic (exact) mass is 667 g/mol. The van der Waals surface area contributed by atoms with Gasteiger partial charge in [-0.1, -0.05) is 23.2 Å². The van der Waals surface area contributed by atoms with Crippen molar-refractivity contribution in [3.05, 3.63) is 86.2 Å². The zero-order valence-corrected chi connectivity index (χ0v) is 23.9. The van der Waals surface area contributed by atoms with Gasteiger partial charge in [-0.15, -0.1) is 0 Å². The van der Waals surface area contributed by atoms with Crippen molar-refractivity contribution in [2.75, 3.05) is 6.54 Å². The number of halogens is 9. The van der Waals surface area contributed by atoms with Gasteiger partial charge in [-0.05, 0) is 55.5 Å². The molecule has 1 aliphatic carbocycles. The third-order valence-electron chi connectivity index (χ3n) is 7.20. The molecule has 1 heterocycles. The average molecular weight is 668 g/mol. The molecule has 0 bridgehead atoms. The molecule has 3 aromatic rings. The standard InChI is InChI=1S/C28H22Cl2F7N3O4/c29-20-7-15(25(33)34)8-21(30)23(20)22(41)12-39(11-13-5-16(31)9-17(32)6-13)26(42)19-10-38-40(24(19)28(35,36)37)18-3-1-14(2-4-18)27(43)44/h5-10,14,18,25H,1-4,11-12H2,(H,43,44)/t14-,18-. The first kappa shape index (κ1) is 33.2. The van der Waals surface area contributed by atoms with E-state index in [1.54, 1.807) is 0 Å². The molecule has 44 heavy (non-hydrogen) atoms. The molecule has 1 fully saturated rings. The summed E-state index contributed by atoms with van der Waals surface area (Å²) in [7, 11) is 0. The van der Waals surface area contributed by atoms with Crippen LogP contribution in [-0.2, 0) is 17.5 Å². The van der Waals surface area contributed by atoms with Gasteiger partial charge in [0.2, 0.25) is 0 Å². The predicted molar refractivity (Wildman–Crippen MR) is 143 cm³/mol. The molecule has 7 nitrogen and oxygen atoms in total. The summed E-state index contributed by atoms with van der Waals surface area (Å²) in [6.07, 6.45) is -7.25. The van der Waals surface area contributed by atoms with E-state index in [2.05, 4.69) is 5.10 Å². The minimum atomic E-state index is -5.14. The first-order chi connectivity index (χ1) is 20.6. The van der Waals surface area contributed by atoms with E-state index in [0.717, 1.165) is 24.3 Å². The van der Waals surface area contributed by atoms with Crippen molar-refractivity contribution in [1.82, 2.24) is 14.7 Å². The number of aromatic nitrogens is 2. The van der Waals surface area contributed by atoms with Crippen molar-refractivity contribution in [3.8, 4) is 0 Å². The third kappa shape index (κ3) is 7.34. The molecular weight excluding hydrogens is 646 g/mol. The Hall–Kier alpha value is -3.65. The molecule has 2 aromatic carbocycles. The quantitative estimate of drug-likeness (QED) is 0.186. The van der Waals surface area contributed by atoms with Crippen LogP contribution in [0.15, 0.2) is 36.5 Å². The number of nitrogens with zero attached hydrogens (tertiary/aromatic N) is 3. The lowest BCUT2D eigenvalue weighted by molar-refractivity contribution is -0.147. The third-order valence-corrected chi connectivity index (χ3v) is 7.80. The van der Waals surface area contributed by atoms with Gasteiger partial charge in [0.05, 0.1) is 45.9 Å². The second-order valence-corrected chi connectivity index (χ2v) is 11.0. The van der Waals surface area contributed by atoms with Crippen LogP contribution < -0.4 is 0 Å². The van der Waals surface area contributed by atoms with Crippen molar-refractivity contribution in [2.24, 2.45) is 5.92 Å². The zero-order chi connectivity index (χ0) is 32.5. The number of Topliss-reactive ketones (excluding diaryl/α,β-unsaturated/α-hetero) is 1. The Bertz CT molecular complexity index is 1540. The second-order valence-electron chi connectivity index (χ2n) is 10.2. The summed E-state index contributed by atoms with van der Waals surface area (Å²) in [6.45, 7) is -1.77. The second kappa shape index (κ2) is 13.1. The smallest absolute Gasteiger partial charge is 0.433 e. The van der Waals surface area contributed by atoms with Crippen molar-refractivity contribution < 1.29 is 50.2 Å². The molecule has 1 aromatic heterocycles. The number of carbonyl (C=O) groups excluding carboxylic acids is 2. The highest BCUT2D eigenvalue weighted by molar-refractivity contribution is 6.40. The average Bonchev–Trinajstić information content (AvgIpc) is 3.37. The van der Waals surface area contributed by atoms with E-state index in [1.165, 1.54) is 0 Å². The number of rotatable bonds is 9. The largest absolute Gasteiger partial charge is 0.481 e. The van der Waals surface area contributed by atoms with Gasteiger partial charge >= 0.3 is 12.1 Å². The molecule has 16 heteroatoms. The highest BCUT2D eigenvalue weighted by Gasteiger charge is 2.43. The number of hydrogen-bond donors (Lipinski definition) is 1. The number of carboxylic acids is 1. The summed E-state index contributed by atoms with van der Waals surface area (Å²) in [5.74, 6) is -6.38.